The number of ether oxygens (including phenoxy) is 1. The molecular weight excluding hydrogens is 308 g/mol. The van der Waals surface area contributed by atoms with Gasteiger partial charge in [-0.05, 0) is 35.7 Å². The van der Waals surface area contributed by atoms with Crippen molar-refractivity contribution in [2.24, 2.45) is 5.92 Å². The number of carbonyl (C=O) groups is 2. The minimum absolute atomic E-state index is 0.125. The summed E-state index contributed by atoms with van der Waals surface area (Å²) in [6, 6.07) is 10.6. The minimum atomic E-state index is -0.689. The number of nitrogens with one attached hydrogen (secondary N) is 2. The minimum Gasteiger partial charge on any atom is -0.497 e. The molecule has 1 aromatic heterocycles. The summed E-state index contributed by atoms with van der Waals surface area (Å²) in [6.07, 6.45) is 1.51. The first-order valence-corrected chi connectivity index (χ1v) is 7.76. The van der Waals surface area contributed by atoms with E-state index in [-0.39, 0.29) is 18.5 Å². The van der Waals surface area contributed by atoms with Gasteiger partial charge < -0.3 is 19.8 Å². The number of hydrogen-bond acceptors (Lipinski definition) is 4. The number of rotatable bonds is 6. The van der Waals surface area contributed by atoms with E-state index >= 15 is 0 Å². The van der Waals surface area contributed by atoms with E-state index in [9.17, 15) is 9.59 Å². The number of benzene rings is 1. The van der Waals surface area contributed by atoms with Gasteiger partial charge in [-0.1, -0.05) is 26.0 Å². The Bertz CT molecular complexity index is 663. The van der Waals surface area contributed by atoms with Gasteiger partial charge in [-0.15, -0.1) is 0 Å². The van der Waals surface area contributed by atoms with E-state index in [1.807, 2.05) is 38.1 Å². The molecule has 2 rings (SSSR count). The molecule has 2 amide bonds. The van der Waals surface area contributed by atoms with Gasteiger partial charge in [0.1, 0.15) is 11.5 Å². The maximum absolute atomic E-state index is 12.1. The zero-order valence-corrected chi connectivity index (χ0v) is 14.0. The number of furan rings is 1. The molecule has 6 heteroatoms. The zero-order chi connectivity index (χ0) is 17.5. The van der Waals surface area contributed by atoms with E-state index in [1.54, 1.807) is 19.2 Å². The first-order valence-electron chi connectivity index (χ1n) is 7.76. The second-order valence-corrected chi connectivity index (χ2v) is 5.73. The second-order valence-electron chi connectivity index (χ2n) is 5.73. The van der Waals surface area contributed by atoms with E-state index in [2.05, 4.69) is 10.6 Å². The summed E-state index contributed by atoms with van der Waals surface area (Å²) in [5.41, 5.74) is 0.915. The van der Waals surface area contributed by atoms with Gasteiger partial charge >= 0.3 is 11.8 Å². The highest BCUT2D eigenvalue weighted by molar-refractivity contribution is 6.35. The standard InChI is InChI=1S/C18H22N2O4/c1-12(2)16(13-6-8-14(23-3)9-7-13)20-18(22)17(21)19-11-15-5-4-10-24-15/h4-10,12,16H,11H2,1-3H3,(H,19,21)(H,20,22)/t16-/m1/s1. The maximum atomic E-state index is 12.1. The van der Waals surface area contributed by atoms with Crippen molar-refractivity contribution in [3.05, 3.63) is 54.0 Å². The van der Waals surface area contributed by atoms with Crippen LogP contribution in [0.2, 0.25) is 0 Å². The third-order valence-corrected chi connectivity index (χ3v) is 3.64. The van der Waals surface area contributed by atoms with Crippen LogP contribution >= 0.6 is 0 Å². The molecule has 0 bridgehead atoms. The fourth-order valence-corrected chi connectivity index (χ4v) is 2.31. The monoisotopic (exact) mass is 330 g/mol. The Morgan fingerprint density at radius 3 is 2.38 bits per heavy atom. The summed E-state index contributed by atoms with van der Waals surface area (Å²) in [5.74, 6) is 0.0948. The lowest BCUT2D eigenvalue weighted by Crippen LogP contribution is -2.42. The highest BCUT2D eigenvalue weighted by Crippen LogP contribution is 2.23. The molecule has 2 aromatic rings. The van der Waals surface area contributed by atoms with Crippen LogP contribution in [-0.2, 0) is 16.1 Å². The van der Waals surface area contributed by atoms with Gasteiger partial charge in [-0.25, -0.2) is 0 Å². The van der Waals surface area contributed by atoms with Crippen molar-refractivity contribution in [1.29, 1.82) is 0 Å². The van der Waals surface area contributed by atoms with Gasteiger partial charge in [0.05, 0.1) is 26.0 Å². The van der Waals surface area contributed by atoms with Gasteiger partial charge in [-0.2, -0.15) is 0 Å². The molecule has 0 saturated heterocycles. The Kier molecular flexibility index (Phi) is 6.01. The molecule has 1 heterocycles. The lowest BCUT2D eigenvalue weighted by atomic mass is 9.96. The number of hydrogen-bond donors (Lipinski definition) is 2. The molecule has 1 aromatic carbocycles. The molecule has 0 radical (unpaired) electrons. The Labute approximate surface area is 141 Å². The van der Waals surface area contributed by atoms with Crippen molar-refractivity contribution in [3.63, 3.8) is 0 Å². The van der Waals surface area contributed by atoms with Crippen LogP contribution in [0, 0.1) is 5.92 Å². The SMILES string of the molecule is COc1ccc([C@H](NC(=O)C(=O)NCc2ccco2)C(C)C)cc1. The van der Waals surface area contributed by atoms with Crippen LogP contribution in [0.3, 0.4) is 0 Å². The van der Waals surface area contributed by atoms with E-state index in [0.717, 1.165) is 11.3 Å². The van der Waals surface area contributed by atoms with Crippen molar-refractivity contribution in [3.8, 4) is 5.75 Å². The first-order chi connectivity index (χ1) is 11.5. The largest absolute Gasteiger partial charge is 0.497 e. The molecule has 6 nitrogen and oxygen atoms in total. The topological polar surface area (TPSA) is 80.6 Å². The van der Waals surface area contributed by atoms with Crippen molar-refractivity contribution in [1.82, 2.24) is 10.6 Å². The van der Waals surface area contributed by atoms with Crippen molar-refractivity contribution in [2.45, 2.75) is 26.4 Å². The van der Waals surface area contributed by atoms with E-state index in [0.29, 0.717) is 5.76 Å². The van der Waals surface area contributed by atoms with Gasteiger partial charge in [0.2, 0.25) is 0 Å². The van der Waals surface area contributed by atoms with Crippen LogP contribution in [0.1, 0.15) is 31.2 Å². The molecule has 0 aliphatic carbocycles. The molecule has 24 heavy (non-hydrogen) atoms. The van der Waals surface area contributed by atoms with Crippen molar-refractivity contribution >= 4 is 11.8 Å². The summed E-state index contributed by atoms with van der Waals surface area (Å²) < 4.78 is 10.3. The summed E-state index contributed by atoms with van der Waals surface area (Å²) >= 11 is 0. The zero-order valence-electron chi connectivity index (χ0n) is 14.0. The van der Waals surface area contributed by atoms with E-state index in [4.69, 9.17) is 9.15 Å². The summed E-state index contributed by atoms with van der Waals surface area (Å²) in [7, 11) is 1.60. The Morgan fingerprint density at radius 2 is 1.83 bits per heavy atom. The smallest absolute Gasteiger partial charge is 0.309 e. The fraction of sp³-hybridized carbons (Fsp3) is 0.333. The van der Waals surface area contributed by atoms with Gasteiger partial charge in [-0.3, -0.25) is 9.59 Å². The Morgan fingerprint density at radius 1 is 1.12 bits per heavy atom. The molecule has 0 fully saturated rings. The number of methoxy groups -OCH3 is 1. The molecule has 1 atom stereocenters. The van der Waals surface area contributed by atoms with Gasteiger partial charge in [0.15, 0.2) is 0 Å². The normalized spacial score (nSPS) is 11.8. The van der Waals surface area contributed by atoms with Crippen LogP contribution in [0.5, 0.6) is 5.75 Å². The van der Waals surface area contributed by atoms with Crippen LogP contribution in [0.15, 0.2) is 47.1 Å². The molecule has 0 saturated carbocycles. The van der Waals surface area contributed by atoms with Crippen molar-refractivity contribution < 1.29 is 18.7 Å². The second kappa shape index (κ2) is 8.19. The molecule has 0 unspecified atom stereocenters. The van der Waals surface area contributed by atoms with Crippen LogP contribution in [-0.4, -0.2) is 18.9 Å². The van der Waals surface area contributed by atoms with E-state index in [1.165, 1.54) is 6.26 Å². The number of carbonyl (C=O) groups excluding carboxylic acids is 2. The van der Waals surface area contributed by atoms with Crippen molar-refractivity contribution in [2.75, 3.05) is 7.11 Å². The van der Waals surface area contributed by atoms with Crippen LogP contribution < -0.4 is 15.4 Å². The summed E-state index contributed by atoms with van der Waals surface area (Å²) in [6.45, 7) is 4.14. The Balaban J connectivity index is 1.98. The van der Waals surface area contributed by atoms with Crippen LogP contribution in [0.25, 0.3) is 0 Å². The molecule has 0 aliphatic rings. The molecule has 0 spiro atoms. The summed E-state index contributed by atoms with van der Waals surface area (Å²) in [4.78, 5) is 24.1. The quantitative estimate of drug-likeness (QED) is 0.797. The average Bonchev–Trinajstić information content (AvgIpc) is 3.10. The molecular formula is C18H22N2O4. The third kappa shape index (κ3) is 4.62. The fourth-order valence-electron chi connectivity index (χ4n) is 2.31. The summed E-state index contributed by atoms with van der Waals surface area (Å²) in [5, 5.41) is 5.31. The highest BCUT2D eigenvalue weighted by Gasteiger charge is 2.22. The average molecular weight is 330 g/mol. The third-order valence-electron chi connectivity index (χ3n) is 3.64. The Hall–Kier alpha value is -2.76. The predicted molar refractivity (Wildman–Crippen MR) is 89.3 cm³/mol. The molecule has 0 aliphatic heterocycles. The number of amides is 2. The van der Waals surface area contributed by atoms with Gasteiger partial charge in [0, 0.05) is 0 Å². The van der Waals surface area contributed by atoms with Crippen LogP contribution in [0.4, 0.5) is 0 Å². The van der Waals surface area contributed by atoms with E-state index < -0.39 is 11.8 Å². The van der Waals surface area contributed by atoms with Gasteiger partial charge in [0.25, 0.3) is 0 Å². The lowest BCUT2D eigenvalue weighted by molar-refractivity contribution is -0.140. The predicted octanol–water partition coefficient (Wildman–Crippen LogP) is 2.42. The lowest BCUT2D eigenvalue weighted by Gasteiger charge is -2.22. The first kappa shape index (κ1) is 17.6. The molecule has 128 valence electrons. The maximum Gasteiger partial charge on any atom is 0.309 e. The molecule has 2 N–H and O–H groups in total. The highest BCUT2D eigenvalue weighted by atomic mass is 16.5.